The van der Waals surface area contributed by atoms with Gasteiger partial charge in [-0.1, -0.05) is 13.0 Å². The Balaban J connectivity index is 5.11. The van der Waals surface area contributed by atoms with Crippen LogP contribution in [0, 0.1) is 0 Å². The Morgan fingerprint density at radius 1 is 1.23 bits per heavy atom. The molecule has 72 valence electrons. The number of aliphatic carboxylic acids is 2. The Hall–Kier alpha value is -1.58. The van der Waals surface area contributed by atoms with Crippen molar-refractivity contribution >= 4 is 11.9 Å². The third kappa shape index (κ3) is 3.11. The molecule has 0 aromatic heterocycles. The summed E-state index contributed by atoms with van der Waals surface area (Å²) in [7, 11) is 0. The summed E-state index contributed by atoms with van der Waals surface area (Å²) in [4.78, 5) is 21.2. The standard InChI is InChI=1S/C9H12O4/c1-3-5-7(9(12)13)6(4-2)8(10)11/h3H,1,4-5H2,2H3,(H,10,11)(H,12,13). The van der Waals surface area contributed by atoms with Gasteiger partial charge < -0.3 is 10.2 Å². The first-order valence-corrected chi connectivity index (χ1v) is 3.84. The first-order valence-electron chi connectivity index (χ1n) is 3.84. The Labute approximate surface area is 76.2 Å². The van der Waals surface area contributed by atoms with E-state index in [-0.39, 0.29) is 24.0 Å². The predicted octanol–water partition coefficient (Wildman–Crippen LogP) is 1.44. The summed E-state index contributed by atoms with van der Waals surface area (Å²) in [5.41, 5.74) is -0.155. The molecule has 0 saturated carbocycles. The Morgan fingerprint density at radius 2 is 1.69 bits per heavy atom. The minimum atomic E-state index is -1.20. The normalized spacial score (nSPS) is 11.8. The number of rotatable bonds is 5. The Morgan fingerprint density at radius 3 is 1.92 bits per heavy atom. The molecule has 0 saturated heterocycles. The molecular weight excluding hydrogens is 172 g/mol. The van der Waals surface area contributed by atoms with E-state index in [2.05, 4.69) is 6.58 Å². The molecule has 0 aromatic rings. The highest BCUT2D eigenvalue weighted by molar-refractivity contribution is 5.98. The van der Waals surface area contributed by atoms with E-state index in [1.807, 2.05) is 0 Å². The largest absolute Gasteiger partial charge is 0.478 e. The van der Waals surface area contributed by atoms with Crippen LogP contribution < -0.4 is 0 Å². The van der Waals surface area contributed by atoms with Crippen LogP contribution >= 0.6 is 0 Å². The molecule has 0 aromatic carbocycles. The SMILES string of the molecule is C=CCC(C(=O)O)=C(CC)C(=O)O. The third-order valence-corrected chi connectivity index (χ3v) is 1.58. The van der Waals surface area contributed by atoms with E-state index in [0.29, 0.717) is 0 Å². The third-order valence-electron chi connectivity index (χ3n) is 1.58. The van der Waals surface area contributed by atoms with Crippen molar-refractivity contribution in [2.75, 3.05) is 0 Å². The highest BCUT2D eigenvalue weighted by Gasteiger charge is 2.16. The number of carboxylic acids is 2. The lowest BCUT2D eigenvalue weighted by atomic mass is 10.0. The maximum atomic E-state index is 10.6. The molecule has 0 aliphatic carbocycles. The first kappa shape index (κ1) is 11.4. The Bertz CT molecular complexity index is 263. The van der Waals surface area contributed by atoms with Gasteiger partial charge in [0.2, 0.25) is 0 Å². The fourth-order valence-corrected chi connectivity index (χ4v) is 0.978. The Kier molecular flexibility index (Phi) is 4.51. The fraction of sp³-hybridized carbons (Fsp3) is 0.333. The van der Waals surface area contributed by atoms with Gasteiger partial charge in [0.25, 0.3) is 0 Å². The molecule has 0 aliphatic rings. The zero-order valence-electron chi connectivity index (χ0n) is 7.41. The summed E-state index contributed by atoms with van der Waals surface area (Å²) in [5, 5.41) is 17.3. The monoisotopic (exact) mass is 184 g/mol. The topological polar surface area (TPSA) is 74.6 Å². The number of carbonyl (C=O) groups is 2. The highest BCUT2D eigenvalue weighted by atomic mass is 16.4. The second-order valence-corrected chi connectivity index (χ2v) is 2.41. The van der Waals surface area contributed by atoms with E-state index in [9.17, 15) is 9.59 Å². The van der Waals surface area contributed by atoms with Gasteiger partial charge in [-0.15, -0.1) is 6.58 Å². The number of carboxylic acid groups (broad SMARTS) is 2. The van der Waals surface area contributed by atoms with Crippen LogP contribution in [0.5, 0.6) is 0 Å². The average Bonchev–Trinajstić information content (AvgIpc) is 2.03. The minimum absolute atomic E-state index is 0.0626. The lowest BCUT2D eigenvalue weighted by molar-refractivity contribution is -0.136. The van der Waals surface area contributed by atoms with E-state index in [1.54, 1.807) is 6.92 Å². The van der Waals surface area contributed by atoms with Crippen molar-refractivity contribution in [3.8, 4) is 0 Å². The molecule has 0 bridgehead atoms. The summed E-state index contributed by atoms with van der Waals surface area (Å²) in [6, 6.07) is 0. The highest BCUT2D eigenvalue weighted by Crippen LogP contribution is 2.13. The zero-order valence-corrected chi connectivity index (χ0v) is 7.41. The molecule has 0 atom stereocenters. The van der Waals surface area contributed by atoms with Gasteiger partial charge in [0.1, 0.15) is 0 Å². The van der Waals surface area contributed by atoms with E-state index < -0.39 is 11.9 Å². The van der Waals surface area contributed by atoms with Crippen LogP contribution in [-0.4, -0.2) is 22.2 Å². The first-order chi connectivity index (χ1) is 6.04. The maximum absolute atomic E-state index is 10.6. The maximum Gasteiger partial charge on any atom is 0.332 e. The van der Waals surface area contributed by atoms with Crippen molar-refractivity contribution in [2.45, 2.75) is 19.8 Å². The van der Waals surface area contributed by atoms with Crippen LogP contribution in [0.1, 0.15) is 19.8 Å². The van der Waals surface area contributed by atoms with Crippen LogP contribution in [-0.2, 0) is 9.59 Å². The van der Waals surface area contributed by atoms with Crippen molar-refractivity contribution in [1.29, 1.82) is 0 Å². The minimum Gasteiger partial charge on any atom is -0.478 e. The van der Waals surface area contributed by atoms with E-state index >= 15 is 0 Å². The second-order valence-electron chi connectivity index (χ2n) is 2.41. The molecule has 0 spiro atoms. The molecule has 0 amide bonds. The van der Waals surface area contributed by atoms with Gasteiger partial charge in [-0.05, 0) is 12.8 Å². The zero-order chi connectivity index (χ0) is 10.4. The quantitative estimate of drug-likeness (QED) is 0.500. The summed E-state index contributed by atoms with van der Waals surface area (Å²) in [6.07, 6.45) is 1.65. The van der Waals surface area contributed by atoms with Gasteiger partial charge in [-0.25, -0.2) is 9.59 Å². The van der Waals surface area contributed by atoms with Gasteiger partial charge in [0.05, 0.1) is 5.57 Å². The van der Waals surface area contributed by atoms with Crippen molar-refractivity contribution < 1.29 is 19.8 Å². The lowest BCUT2D eigenvalue weighted by Crippen LogP contribution is -2.10. The average molecular weight is 184 g/mol. The van der Waals surface area contributed by atoms with Gasteiger partial charge in [-0.2, -0.15) is 0 Å². The van der Waals surface area contributed by atoms with E-state index in [1.165, 1.54) is 6.08 Å². The fourth-order valence-electron chi connectivity index (χ4n) is 0.978. The van der Waals surface area contributed by atoms with Crippen LogP contribution in [0.15, 0.2) is 23.8 Å². The summed E-state index contributed by atoms with van der Waals surface area (Å²) in [5.74, 6) is -2.37. The van der Waals surface area contributed by atoms with Crippen LogP contribution in [0.2, 0.25) is 0 Å². The summed E-state index contributed by atoms with van der Waals surface area (Å²) < 4.78 is 0. The van der Waals surface area contributed by atoms with Crippen LogP contribution in [0.4, 0.5) is 0 Å². The van der Waals surface area contributed by atoms with E-state index in [4.69, 9.17) is 10.2 Å². The molecule has 0 radical (unpaired) electrons. The molecule has 4 heteroatoms. The molecule has 0 rings (SSSR count). The summed E-state index contributed by atoms with van der Waals surface area (Å²) in [6.45, 7) is 4.98. The van der Waals surface area contributed by atoms with Gasteiger partial charge in [0, 0.05) is 5.57 Å². The lowest BCUT2D eigenvalue weighted by Gasteiger charge is -2.03. The molecule has 0 unspecified atom stereocenters. The number of allylic oxidation sites excluding steroid dienone is 1. The van der Waals surface area contributed by atoms with Gasteiger partial charge >= 0.3 is 11.9 Å². The molecule has 13 heavy (non-hydrogen) atoms. The molecular formula is C9H12O4. The number of hydrogen-bond acceptors (Lipinski definition) is 2. The molecule has 0 fully saturated rings. The molecule has 2 N–H and O–H groups in total. The molecule has 0 heterocycles. The van der Waals surface area contributed by atoms with Gasteiger partial charge in [-0.3, -0.25) is 0 Å². The van der Waals surface area contributed by atoms with Crippen LogP contribution in [0.25, 0.3) is 0 Å². The van der Waals surface area contributed by atoms with Crippen LogP contribution in [0.3, 0.4) is 0 Å². The van der Waals surface area contributed by atoms with Gasteiger partial charge in [0.15, 0.2) is 0 Å². The van der Waals surface area contributed by atoms with Crippen molar-refractivity contribution in [3.05, 3.63) is 23.8 Å². The second kappa shape index (κ2) is 5.13. The summed E-state index contributed by atoms with van der Waals surface area (Å²) >= 11 is 0. The van der Waals surface area contributed by atoms with Crippen molar-refractivity contribution in [2.24, 2.45) is 0 Å². The predicted molar refractivity (Wildman–Crippen MR) is 47.4 cm³/mol. The van der Waals surface area contributed by atoms with E-state index in [0.717, 1.165) is 0 Å². The number of hydrogen-bond donors (Lipinski definition) is 2. The van der Waals surface area contributed by atoms with Crippen molar-refractivity contribution in [1.82, 2.24) is 0 Å². The molecule has 4 nitrogen and oxygen atoms in total. The smallest absolute Gasteiger partial charge is 0.332 e. The van der Waals surface area contributed by atoms with Crippen molar-refractivity contribution in [3.63, 3.8) is 0 Å². The molecule has 0 aliphatic heterocycles.